The van der Waals surface area contributed by atoms with Gasteiger partial charge in [-0.25, -0.2) is 0 Å². The van der Waals surface area contributed by atoms with Crippen LogP contribution in [0.5, 0.6) is 0 Å². The lowest BCUT2D eigenvalue weighted by molar-refractivity contribution is -0.166. The van der Waals surface area contributed by atoms with E-state index in [9.17, 15) is 4.79 Å². The largest absolute Gasteiger partial charge is 0.378 e. The minimum absolute atomic E-state index is 0.0309. The summed E-state index contributed by atoms with van der Waals surface area (Å²) in [5.74, 6) is -0.140. The number of nitrogens with one attached hydrogen (secondary N) is 2. The predicted molar refractivity (Wildman–Crippen MR) is 93.2 cm³/mol. The molecule has 1 aromatic carbocycles. The van der Waals surface area contributed by atoms with Crippen LogP contribution in [0.25, 0.3) is 0 Å². The maximum absolute atomic E-state index is 12.7. The third-order valence-corrected chi connectivity index (χ3v) is 5.00. The molecule has 0 saturated heterocycles. The highest BCUT2D eigenvalue weighted by Gasteiger charge is 2.62. The molecule has 0 aromatic heterocycles. The molecule has 2 atom stereocenters. The summed E-state index contributed by atoms with van der Waals surface area (Å²) in [5.41, 5.74) is 7.05. The van der Waals surface area contributed by atoms with E-state index >= 15 is 0 Å². The molecule has 2 rings (SSSR count). The maximum atomic E-state index is 12.7. The summed E-state index contributed by atoms with van der Waals surface area (Å²) in [6, 6.07) is 7.85. The molecule has 0 bridgehead atoms. The molecule has 5 nitrogen and oxygen atoms in total. The number of anilines is 1. The molecular formula is C18H29N3O2. The normalized spacial score (nSPS) is 25.7. The van der Waals surface area contributed by atoms with Crippen molar-refractivity contribution in [3.05, 3.63) is 29.8 Å². The highest BCUT2D eigenvalue weighted by molar-refractivity contribution is 5.99. The van der Waals surface area contributed by atoms with Crippen LogP contribution in [-0.2, 0) is 16.1 Å². The molecule has 0 radical (unpaired) electrons. The SMILES string of the molecule is CCNCc1cccc(NC(=O)C2(N)CC(OCC)C2(C)C)c1. The van der Waals surface area contributed by atoms with Gasteiger partial charge in [-0.1, -0.05) is 32.9 Å². The molecule has 1 aromatic rings. The number of hydrogen-bond donors (Lipinski definition) is 3. The Morgan fingerprint density at radius 2 is 2.13 bits per heavy atom. The third kappa shape index (κ3) is 3.42. The van der Waals surface area contributed by atoms with Gasteiger partial charge in [-0.2, -0.15) is 0 Å². The summed E-state index contributed by atoms with van der Waals surface area (Å²) in [7, 11) is 0. The van der Waals surface area contributed by atoms with Gasteiger partial charge >= 0.3 is 0 Å². The van der Waals surface area contributed by atoms with Crippen molar-refractivity contribution in [1.29, 1.82) is 0 Å². The van der Waals surface area contributed by atoms with Gasteiger partial charge in [-0.05, 0) is 31.2 Å². The number of rotatable bonds is 7. The number of amides is 1. The Bertz CT molecular complexity index is 559. The van der Waals surface area contributed by atoms with E-state index in [2.05, 4.69) is 17.6 Å². The van der Waals surface area contributed by atoms with Gasteiger partial charge in [0, 0.05) is 30.7 Å². The second-order valence-electron chi connectivity index (χ2n) is 6.78. The van der Waals surface area contributed by atoms with Crippen molar-refractivity contribution in [3.63, 3.8) is 0 Å². The maximum Gasteiger partial charge on any atom is 0.245 e. The van der Waals surface area contributed by atoms with Crippen LogP contribution in [0.3, 0.4) is 0 Å². The predicted octanol–water partition coefficient (Wildman–Crippen LogP) is 2.27. The summed E-state index contributed by atoms with van der Waals surface area (Å²) in [4.78, 5) is 12.7. The lowest BCUT2D eigenvalue weighted by Gasteiger charge is -2.57. The molecule has 128 valence electrons. The number of carbonyl (C=O) groups is 1. The quantitative estimate of drug-likeness (QED) is 0.720. The van der Waals surface area contributed by atoms with Gasteiger partial charge in [0.15, 0.2) is 0 Å². The Balaban J connectivity index is 2.05. The van der Waals surface area contributed by atoms with E-state index in [1.54, 1.807) is 0 Å². The molecule has 1 amide bonds. The molecule has 4 N–H and O–H groups in total. The minimum Gasteiger partial charge on any atom is -0.378 e. The molecule has 0 heterocycles. The first-order valence-corrected chi connectivity index (χ1v) is 8.36. The molecule has 0 spiro atoms. The van der Waals surface area contributed by atoms with Crippen LogP contribution in [-0.4, -0.2) is 30.7 Å². The zero-order valence-electron chi connectivity index (χ0n) is 14.6. The van der Waals surface area contributed by atoms with Crippen molar-refractivity contribution < 1.29 is 9.53 Å². The molecule has 1 aliphatic carbocycles. The number of ether oxygens (including phenoxy) is 1. The van der Waals surface area contributed by atoms with Crippen LogP contribution < -0.4 is 16.4 Å². The van der Waals surface area contributed by atoms with E-state index in [1.807, 2.05) is 45.0 Å². The highest BCUT2D eigenvalue weighted by atomic mass is 16.5. The Morgan fingerprint density at radius 3 is 2.74 bits per heavy atom. The van der Waals surface area contributed by atoms with Crippen LogP contribution in [0.15, 0.2) is 24.3 Å². The van der Waals surface area contributed by atoms with Gasteiger partial charge < -0.3 is 21.1 Å². The molecule has 0 aliphatic heterocycles. The molecule has 1 aliphatic rings. The molecule has 2 unspecified atom stereocenters. The van der Waals surface area contributed by atoms with Crippen molar-refractivity contribution in [2.75, 3.05) is 18.5 Å². The van der Waals surface area contributed by atoms with E-state index < -0.39 is 5.54 Å². The van der Waals surface area contributed by atoms with Gasteiger partial charge in [-0.3, -0.25) is 4.79 Å². The van der Waals surface area contributed by atoms with E-state index in [0.29, 0.717) is 13.0 Å². The molecule has 23 heavy (non-hydrogen) atoms. The van der Waals surface area contributed by atoms with E-state index in [-0.39, 0.29) is 17.4 Å². The average molecular weight is 319 g/mol. The Kier molecular flexibility index (Phi) is 5.45. The monoisotopic (exact) mass is 319 g/mol. The topological polar surface area (TPSA) is 76.4 Å². The second-order valence-corrected chi connectivity index (χ2v) is 6.78. The summed E-state index contributed by atoms with van der Waals surface area (Å²) in [5, 5.41) is 6.25. The Morgan fingerprint density at radius 1 is 1.39 bits per heavy atom. The fraction of sp³-hybridized carbons (Fsp3) is 0.611. The fourth-order valence-electron chi connectivity index (χ4n) is 3.09. The lowest BCUT2D eigenvalue weighted by Crippen LogP contribution is -2.74. The molecule has 1 fully saturated rings. The van der Waals surface area contributed by atoms with Crippen LogP contribution in [0.4, 0.5) is 5.69 Å². The van der Waals surface area contributed by atoms with E-state index in [0.717, 1.165) is 24.3 Å². The van der Waals surface area contributed by atoms with E-state index in [4.69, 9.17) is 10.5 Å². The lowest BCUT2D eigenvalue weighted by atomic mass is 9.54. The first kappa shape index (κ1) is 17.9. The van der Waals surface area contributed by atoms with Crippen molar-refractivity contribution in [2.45, 2.75) is 52.3 Å². The standard InChI is InChI=1S/C18H29N3O2/c1-5-20-12-13-8-7-9-14(10-13)21-16(22)18(19)11-15(23-6-2)17(18,3)4/h7-10,15,20H,5-6,11-12,19H2,1-4H3,(H,21,22). The zero-order valence-corrected chi connectivity index (χ0v) is 14.6. The number of benzene rings is 1. The van der Waals surface area contributed by atoms with Gasteiger partial charge in [0.25, 0.3) is 0 Å². The smallest absolute Gasteiger partial charge is 0.245 e. The number of carbonyl (C=O) groups excluding carboxylic acids is 1. The Labute approximate surface area is 139 Å². The van der Waals surface area contributed by atoms with Crippen molar-refractivity contribution >= 4 is 11.6 Å². The molecule has 5 heteroatoms. The van der Waals surface area contributed by atoms with Crippen molar-refractivity contribution in [3.8, 4) is 0 Å². The second kappa shape index (κ2) is 6.99. The number of nitrogens with two attached hydrogens (primary N) is 1. The van der Waals surface area contributed by atoms with Gasteiger partial charge in [0.05, 0.1) is 6.10 Å². The van der Waals surface area contributed by atoms with Crippen molar-refractivity contribution in [2.24, 2.45) is 11.1 Å². The zero-order chi connectivity index (χ0) is 17.1. The van der Waals surface area contributed by atoms with E-state index in [1.165, 1.54) is 0 Å². The minimum atomic E-state index is -0.898. The molecule has 1 saturated carbocycles. The van der Waals surface area contributed by atoms with Gasteiger partial charge in [-0.15, -0.1) is 0 Å². The van der Waals surface area contributed by atoms with Crippen LogP contribution in [0.2, 0.25) is 0 Å². The summed E-state index contributed by atoms with van der Waals surface area (Å²) in [6.45, 7) is 10.4. The number of hydrogen-bond acceptors (Lipinski definition) is 4. The molecular weight excluding hydrogens is 290 g/mol. The van der Waals surface area contributed by atoms with Crippen molar-refractivity contribution in [1.82, 2.24) is 5.32 Å². The first-order chi connectivity index (χ1) is 10.8. The summed E-state index contributed by atoms with van der Waals surface area (Å²) >= 11 is 0. The fourth-order valence-corrected chi connectivity index (χ4v) is 3.09. The summed E-state index contributed by atoms with van der Waals surface area (Å²) in [6.07, 6.45) is 0.583. The highest BCUT2D eigenvalue weighted by Crippen LogP contribution is 2.50. The Hall–Kier alpha value is -1.43. The first-order valence-electron chi connectivity index (χ1n) is 8.36. The summed E-state index contributed by atoms with van der Waals surface area (Å²) < 4.78 is 5.68. The van der Waals surface area contributed by atoms with Crippen LogP contribution in [0, 0.1) is 5.41 Å². The van der Waals surface area contributed by atoms with Gasteiger partial charge in [0.2, 0.25) is 5.91 Å². The van der Waals surface area contributed by atoms with Crippen LogP contribution in [0.1, 0.15) is 39.7 Å². The third-order valence-electron chi connectivity index (χ3n) is 5.00. The van der Waals surface area contributed by atoms with Crippen LogP contribution >= 0.6 is 0 Å². The average Bonchev–Trinajstić information content (AvgIpc) is 2.52. The van der Waals surface area contributed by atoms with Gasteiger partial charge in [0.1, 0.15) is 5.54 Å².